The molecule has 1 unspecified atom stereocenters. The van der Waals surface area contributed by atoms with Crippen LogP contribution in [0.15, 0.2) is 30.3 Å². The van der Waals surface area contributed by atoms with Gasteiger partial charge < -0.3 is 15.3 Å². The predicted octanol–water partition coefficient (Wildman–Crippen LogP) is 0.947. The second kappa shape index (κ2) is 8.37. The highest BCUT2D eigenvalue weighted by atomic mass is 16.3. The first-order valence-electron chi connectivity index (χ1n) is 7.61. The lowest BCUT2D eigenvalue weighted by molar-refractivity contribution is 0.110. The number of hydrogen-bond acceptors (Lipinski definition) is 4. The van der Waals surface area contributed by atoms with Gasteiger partial charge in [-0.05, 0) is 19.0 Å². The molecule has 0 saturated carbocycles. The SMILES string of the molecule is CNC(CCN1CCN(CCO)CC1)c1ccccc1. The molecule has 0 aliphatic carbocycles. The van der Waals surface area contributed by atoms with E-state index in [1.807, 2.05) is 7.05 Å². The second-order valence-electron chi connectivity index (χ2n) is 5.45. The maximum Gasteiger partial charge on any atom is 0.0558 e. The Labute approximate surface area is 122 Å². The average molecular weight is 277 g/mol. The zero-order valence-electron chi connectivity index (χ0n) is 12.5. The van der Waals surface area contributed by atoms with Crippen LogP contribution in [0.5, 0.6) is 0 Å². The maximum absolute atomic E-state index is 8.95. The molecule has 1 atom stereocenters. The van der Waals surface area contributed by atoms with Gasteiger partial charge in [0.2, 0.25) is 0 Å². The molecular weight excluding hydrogens is 250 g/mol. The van der Waals surface area contributed by atoms with Gasteiger partial charge in [-0.25, -0.2) is 0 Å². The van der Waals surface area contributed by atoms with E-state index in [9.17, 15) is 0 Å². The lowest BCUT2D eigenvalue weighted by Crippen LogP contribution is -2.47. The highest BCUT2D eigenvalue weighted by molar-refractivity contribution is 5.18. The summed E-state index contributed by atoms with van der Waals surface area (Å²) in [4.78, 5) is 4.87. The molecule has 1 aromatic rings. The third kappa shape index (κ3) is 4.56. The first-order valence-corrected chi connectivity index (χ1v) is 7.61. The second-order valence-corrected chi connectivity index (χ2v) is 5.45. The number of aliphatic hydroxyl groups is 1. The van der Waals surface area contributed by atoms with Crippen LogP contribution in [-0.4, -0.2) is 67.8 Å². The standard InChI is InChI=1S/C16H27N3O/c1-17-16(15-5-3-2-4-6-15)7-8-18-9-11-19(12-10-18)13-14-20/h2-6,16-17,20H,7-14H2,1H3. The molecule has 4 heteroatoms. The number of β-amino-alcohol motifs (C(OH)–C–C–N with tert-alkyl or cyclic N) is 1. The molecule has 112 valence electrons. The van der Waals surface area contributed by atoms with E-state index >= 15 is 0 Å². The van der Waals surface area contributed by atoms with E-state index in [-0.39, 0.29) is 6.61 Å². The van der Waals surface area contributed by atoms with E-state index in [0.717, 1.165) is 45.7 Å². The Morgan fingerprint density at radius 3 is 2.20 bits per heavy atom. The molecule has 0 radical (unpaired) electrons. The lowest BCUT2D eigenvalue weighted by atomic mass is 10.0. The van der Waals surface area contributed by atoms with Gasteiger partial charge >= 0.3 is 0 Å². The van der Waals surface area contributed by atoms with Gasteiger partial charge in [-0.3, -0.25) is 4.90 Å². The van der Waals surface area contributed by atoms with E-state index in [0.29, 0.717) is 6.04 Å². The maximum atomic E-state index is 8.95. The summed E-state index contributed by atoms with van der Waals surface area (Å²) in [6.45, 7) is 6.61. The van der Waals surface area contributed by atoms with Crippen molar-refractivity contribution < 1.29 is 5.11 Å². The third-order valence-corrected chi connectivity index (χ3v) is 4.17. The lowest BCUT2D eigenvalue weighted by Gasteiger charge is -2.35. The number of benzene rings is 1. The molecule has 1 saturated heterocycles. The minimum atomic E-state index is 0.274. The van der Waals surface area contributed by atoms with Crippen LogP contribution < -0.4 is 5.32 Å². The smallest absolute Gasteiger partial charge is 0.0558 e. The van der Waals surface area contributed by atoms with Crippen LogP contribution in [0.4, 0.5) is 0 Å². The first-order chi connectivity index (χ1) is 9.83. The molecule has 0 spiro atoms. The van der Waals surface area contributed by atoms with Crippen molar-refractivity contribution in [2.45, 2.75) is 12.5 Å². The van der Waals surface area contributed by atoms with Gasteiger partial charge in [0.1, 0.15) is 0 Å². The van der Waals surface area contributed by atoms with Crippen molar-refractivity contribution >= 4 is 0 Å². The quantitative estimate of drug-likeness (QED) is 0.778. The summed E-state index contributed by atoms with van der Waals surface area (Å²) >= 11 is 0. The molecule has 2 N–H and O–H groups in total. The molecule has 20 heavy (non-hydrogen) atoms. The van der Waals surface area contributed by atoms with E-state index in [2.05, 4.69) is 45.4 Å². The molecule has 1 aromatic carbocycles. The summed E-state index contributed by atoms with van der Waals surface area (Å²) in [5.41, 5.74) is 1.37. The summed E-state index contributed by atoms with van der Waals surface area (Å²) in [6, 6.07) is 11.1. The van der Waals surface area contributed by atoms with E-state index in [1.54, 1.807) is 0 Å². The number of piperazine rings is 1. The van der Waals surface area contributed by atoms with Crippen molar-refractivity contribution in [1.82, 2.24) is 15.1 Å². The van der Waals surface area contributed by atoms with E-state index in [1.165, 1.54) is 5.56 Å². The average Bonchev–Trinajstić information content (AvgIpc) is 2.51. The normalized spacial score (nSPS) is 19.1. The predicted molar refractivity (Wildman–Crippen MR) is 82.8 cm³/mol. The van der Waals surface area contributed by atoms with Gasteiger partial charge in [-0.1, -0.05) is 30.3 Å². The zero-order chi connectivity index (χ0) is 14.2. The summed E-state index contributed by atoms with van der Waals surface area (Å²) < 4.78 is 0. The number of rotatable bonds is 7. The Bertz CT molecular complexity index is 363. The van der Waals surface area contributed by atoms with Crippen molar-refractivity contribution in [1.29, 1.82) is 0 Å². The van der Waals surface area contributed by atoms with Gasteiger partial charge in [-0.15, -0.1) is 0 Å². The highest BCUT2D eigenvalue weighted by Crippen LogP contribution is 2.16. The van der Waals surface area contributed by atoms with Gasteiger partial charge in [0.25, 0.3) is 0 Å². The first kappa shape index (κ1) is 15.4. The minimum absolute atomic E-state index is 0.274. The van der Waals surface area contributed by atoms with Crippen molar-refractivity contribution in [2.24, 2.45) is 0 Å². The molecule has 1 heterocycles. The molecular formula is C16H27N3O. The van der Waals surface area contributed by atoms with Crippen molar-refractivity contribution in [3.8, 4) is 0 Å². The fourth-order valence-corrected chi connectivity index (χ4v) is 2.85. The van der Waals surface area contributed by atoms with Gasteiger partial charge in [0.15, 0.2) is 0 Å². The third-order valence-electron chi connectivity index (χ3n) is 4.17. The Morgan fingerprint density at radius 1 is 1.05 bits per heavy atom. The summed E-state index contributed by atoms with van der Waals surface area (Å²) in [5.74, 6) is 0. The Morgan fingerprint density at radius 2 is 1.65 bits per heavy atom. The zero-order valence-corrected chi connectivity index (χ0v) is 12.5. The van der Waals surface area contributed by atoms with Gasteiger partial charge in [0, 0.05) is 45.3 Å². The number of nitrogens with zero attached hydrogens (tertiary/aromatic N) is 2. The molecule has 2 rings (SSSR count). The Balaban J connectivity index is 1.75. The fourth-order valence-electron chi connectivity index (χ4n) is 2.85. The topological polar surface area (TPSA) is 38.7 Å². The molecule has 1 aliphatic heterocycles. The monoisotopic (exact) mass is 277 g/mol. The molecule has 0 amide bonds. The summed E-state index contributed by atoms with van der Waals surface area (Å²) in [5, 5.41) is 12.4. The summed E-state index contributed by atoms with van der Waals surface area (Å²) in [7, 11) is 2.04. The van der Waals surface area contributed by atoms with Crippen LogP contribution in [0.3, 0.4) is 0 Å². The highest BCUT2D eigenvalue weighted by Gasteiger charge is 2.17. The van der Waals surface area contributed by atoms with Crippen LogP contribution in [0, 0.1) is 0 Å². The van der Waals surface area contributed by atoms with E-state index in [4.69, 9.17) is 5.11 Å². The van der Waals surface area contributed by atoms with Crippen molar-refractivity contribution in [3.63, 3.8) is 0 Å². The van der Waals surface area contributed by atoms with Crippen LogP contribution in [-0.2, 0) is 0 Å². The molecule has 0 aromatic heterocycles. The van der Waals surface area contributed by atoms with Crippen molar-refractivity contribution in [2.75, 3.05) is 52.9 Å². The van der Waals surface area contributed by atoms with Gasteiger partial charge in [-0.2, -0.15) is 0 Å². The molecule has 4 nitrogen and oxygen atoms in total. The van der Waals surface area contributed by atoms with Crippen LogP contribution in [0.2, 0.25) is 0 Å². The fraction of sp³-hybridized carbons (Fsp3) is 0.625. The van der Waals surface area contributed by atoms with Crippen molar-refractivity contribution in [3.05, 3.63) is 35.9 Å². The molecule has 1 aliphatic rings. The number of hydrogen-bond donors (Lipinski definition) is 2. The van der Waals surface area contributed by atoms with Gasteiger partial charge in [0.05, 0.1) is 6.61 Å². The Hall–Kier alpha value is -0.940. The largest absolute Gasteiger partial charge is 0.395 e. The van der Waals surface area contributed by atoms with Crippen LogP contribution >= 0.6 is 0 Å². The molecule has 1 fully saturated rings. The number of nitrogens with one attached hydrogen (secondary N) is 1. The van der Waals surface area contributed by atoms with E-state index < -0.39 is 0 Å². The Kier molecular flexibility index (Phi) is 6.47. The van der Waals surface area contributed by atoms with Crippen LogP contribution in [0.1, 0.15) is 18.0 Å². The van der Waals surface area contributed by atoms with Crippen LogP contribution in [0.25, 0.3) is 0 Å². The summed E-state index contributed by atoms with van der Waals surface area (Å²) in [6.07, 6.45) is 1.14. The minimum Gasteiger partial charge on any atom is -0.395 e. The molecule has 0 bridgehead atoms. The number of aliphatic hydroxyl groups excluding tert-OH is 1.